The first kappa shape index (κ1) is 11.9. The van der Waals surface area contributed by atoms with Gasteiger partial charge in [0.25, 0.3) is 0 Å². The van der Waals surface area contributed by atoms with Crippen LogP contribution in [-0.2, 0) is 7.05 Å². The number of nitrogens with zero attached hydrogens (tertiary/aromatic N) is 2. The number of hydrogen-bond donors (Lipinski definition) is 2. The van der Waals surface area contributed by atoms with Gasteiger partial charge in [-0.2, -0.15) is 0 Å². The Morgan fingerprint density at radius 1 is 1.41 bits per heavy atom. The van der Waals surface area contributed by atoms with E-state index in [0.29, 0.717) is 6.54 Å². The van der Waals surface area contributed by atoms with Gasteiger partial charge in [0.15, 0.2) is 0 Å². The van der Waals surface area contributed by atoms with E-state index in [-0.39, 0.29) is 5.54 Å². The number of nitrogens with one attached hydrogen (secondary N) is 1. The van der Waals surface area contributed by atoms with Crippen LogP contribution in [0.5, 0.6) is 0 Å². The molecule has 0 saturated heterocycles. The van der Waals surface area contributed by atoms with Crippen LogP contribution in [0.2, 0.25) is 0 Å². The molecule has 1 aromatic heterocycles. The summed E-state index contributed by atoms with van der Waals surface area (Å²) in [5.74, 6) is 0. The Labute approximate surface area is 102 Å². The molecule has 0 radical (unpaired) electrons. The molecule has 4 heteroatoms. The molecule has 0 aliphatic heterocycles. The number of hydrogen-bond acceptors (Lipinski definition) is 3. The number of aryl methyl sites for hydroxylation is 1. The van der Waals surface area contributed by atoms with Gasteiger partial charge in [0.05, 0.1) is 17.4 Å². The average molecular weight is 232 g/mol. The van der Waals surface area contributed by atoms with E-state index in [2.05, 4.69) is 42.3 Å². The third kappa shape index (κ3) is 2.58. The number of rotatable bonds is 4. The number of fused-ring (bicyclic) bond motifs is 1. The fraction of sp³-hybridized carbons (Fsp3) is 0.462. The second-order valence-corrected chi connectivity index (χ2v) is 5.11. The smallest absolute Gasteiger partial charge is 0.0955 e. The molecule has 4 nitrogen and oxygen atoms in total. The van der Waals surface area contributed by atoms with Crippen molar-refractivity contribution in [3.05, 3.63) is 24.5 Å². The topological polar surface area (TPSA) is 55.9 Å². The van der Waals surface area contributed by atoms with Gasteiger partial charge >= 0.3 is 0 Å². The fourth-order valence-electron chi connectivity index (χ4n) is 2.03. The second kappa shape index (κ2) is 4.37. The first-order valence-corrected chi connectivity index (χ1v) is 5.91. The van der Waals surface area contributed by atoms with Gasteiger partial charge in [0.2, 0.25) is 0 Å². The van der Waals surface area contributed by atoms with Crippen LogP contribution in [-0.4, -0.2) is 21.6 Å². The van der Waals surface area contributed by atoms with E-state index < -0.39 is 0 Å². The van der Waals surface area contributed by atoms with Gasteiger partial charge in [-0.15, -0.1) is 0 Å². The van der Waals surface area contributed by atoms with E-state index in [1.807, 2.05) is 17.9 Å². The van der Waals surface area contributed by atoms with Crippen molar-refractivity contribution in [2.45, 2.75) is 25.8 Å². The minimum atomic E-state index is 0.0111. The van der Waals surface area contributed by atoms with Crippen LogP contribution in [0.1, 0.15) is 20.3 Å². The maximum absolute atomic E-state index is 5.61. The molecule has 0 aliphatic carbocycles. The molecular formula is C13H20N4. The predicted octanol–water partition coefficient (Wildman–Crippen LogP) is 2.11. The molecule has 1 heterocycles. The summed E-state index contributed by atoms with van der Waals surface area (Å²) in [5.41, 5.74) is 8.87. The first-order valence-electron chi connectivity index (χ1n) is 5.91. The van der Waals surface area contributed by atoms with Crippen molar-refractivity contribution >= 4 is 16.7 Å². The average Bonchev–Trinajstić information content (AvgIpc) is 2.59. The summed E-state index contributed by atoms with van der Waals surface area (Å²) in [7, 11) is 2.00. The molecule has 1 aromatic carbocycles. The Morgan fingerprint density at radius 3 is 2.88 bits per heavy atom. The summed E-state index contributed by atoms with van der Waals surface area (Å²) in [6.45, 7) is 5.00. The zero-order chi connectivity index (χ0) is 12.5. The Kier molecular flexibility index (Phi) is 3.07. The molecule has 0 unspecified atom stereocenters. The van der Waals surface area contributed by atoms with E-state index in [4.69, 9.17) is 5.73 Å². The van der Waals surface area contributed by atoms with Crippen LogP contribution in [0, 0.1) is 0 Å². The lowest BCUT2D eigenvalue weighted by molar-refractivity contribution is 0.527. The normalized spacial score (nSPS) is 12.0. The van der Waals surface area contributed by atoms with E-state index in [1.54, 1.807) is 0 Å². The van der Waals surface area contributed by atoms with Gasteiger partial charge in [-0.1, -0.05) is 0 Å². The zero-order valence-corrected chi connectivity index (χ0v) is 10.7. The van der Waals surface area contributed by atoms with Crippen molar-refractivity contribution < 1.29 is 0 Å². The van der Waals surface area contributed by atoms with Crippen molar-refractivity contribution in [2.75, 3.05) is 11.9 Å². The number of benzene rings is 1. The quantitative estimate of drug-likeness (QED) is 0.849. The van der Waals surface area contributed by atoms with E-state index >= 15 is 0 Å². The standard InChI is InChI=1S/C13H20N4/c1-13(2,6-7-14)16-10-4-5-12-11(8-10)15-9-17(12)3/h4-5,8-9,16H,6-7,14H2,1-3H3. The molecular weight excluding hydrogens is 212 g/mol. The van der Waals surface area contributed by atoms with Crippen LogP contribution in [0.3, 0.4) is 0 Å². The summed E-state index contributed by atoms with van der Waals surface area (Å²) in [5, 5.41) is 3.49. The summed E-state index contributed by atoms with van der Waals surface area (Å²) in [4.78, 5) is 4.35. The highest BCUT2D eigenvalue weighted by atomic mass is 15.0. The lowest BCUT2D eigenvalue weighted by Crippen LogP contribution is -2.33. The first-order chi connectivity index (χ1) is 8.02. The summed E-state index contributed by atoms with van der Waals surface area (Å²) >= 11 is 0. The molecule has 0 saturated carbocycles. The molecule has 0 fully saturated rings. The molecule has 0 aliphatic rings. The Balaban J connectivity index is 2.25. The SMILES string of the molecule is Cn1cnc2cc(NC(C)(C)CCN)ccc21. The van der Waals surface area contributed by atoms with Gasteiger partial charge in [0, 0.05) is 18.3 Å². The molecule has 3 N–H and O–H groups in total. The Bertz CT molecular complexity index is 513. The Hall–Kier alpha value is -1.55. The van der Waals surface area contributed by atoms with Crippen LogP contribution < -0.4 is 11.1 Å². The monoisotopic (exact) mass is 232 g/mol. The molecule has 17 heavy (non-hydrogen) atoms. The molecule has 0 atom stereocenters. The number of imidazole rings is 1. The van der Waals surface area contributed by atoms with Crippen molar-refractivity contribution in [3.63, 3.8) is 0 Å². The zero-order valence-electron chi connectivity index (χ0n) is 10.7. The maximum atomic E-state index is 5.61. The lowest BCUT2D eigenvalue weighted by Gasteiger charge is -2.27. The van der Waals surface area contributed by atoms with E-state index in [9.17, 15) is 0 Å². The van der Waals surface area contributed by atoms with Crippen molar-refractivity contribution in [2.24, 2.45) is 12.8 Å². The summed E-state index contributed by atoms with van der Waals surface area (Å²) in [6, 6.07) is 6.25. The van der Waals surface area contributed by atoms with Crippen LogP contribution in [0.25, 0.3) is 11.0 Å². The molecule has 0 bridgehead atoms. The highest BCUT2D eigenvalue weighted by Crippen LogP contribution is 2.21. The minimum Gasteiger partial charge on any atom is -0.380 e. The molecule has 2 rings (SSSR count). The Morgan fingerprint density at radius 2 is 2.18 bits per heavy atom. The second-order valence-electron chi connectivity index (χ2n) is 5.11. The predicted molar refractivity (Wildman–Crippen MR) is 72.1 cm³/mol. The maximum Gasteiger partial charge on any atom is 0.0955 e. The largest absolute Gasteiger partial charge is 0.380 e. The van der Waals surface area contributed by atoms with Crippen molar-refractivity contribution in [1.29, 1.82) is 0 Å². The third-order valence-corrected chi connectivity index (χ3v) is 2.98. The van der Waals surface area contributed by atoms with E-state index in [1.165, 1.54) is 0 Å². The van der Waals surface area contributed by atoms with Gasteiger partial charge in [0.1, 0.15) is 0 Å². The molecule has 0 amide bonds. The van der Waals surface area contributed by atoms with Crippen molar-refractivity contribution in [3.8, 4) is 0 Å². The van der Waals surface area contributed by atoms with Gasteiger partial charge in [-0.25, -0.2) is 4.98 Å². The number of aromatic nitrogens is 2. The summed E-state index contributed by atoms with van der Waals surface area (Å²) < 4.78 is 2.02. The number of anilines is 1. The van der Waals surface area contributed by atoms with Crippen LogP contribution >= 0.6 is 0 Å². The van der Waals surface area contributed by atoms with Crippen molar-refractivity contribution in [1.82, 2.24) is 9.55 Å². The van der Waals surface area contributed by atoms with E-state index in [0.717, 1.165) is 23.1 Å². The van der Waals surface area contributed by atoms with Crippen LogP contribution in [0.15, 0.2) is 24.5 Å². The lowest BCUT2D eigenvalue weighted by atomic mass is 10.0. The minimum absolute atomic E-state index is 0.0111. The van der Waals surface area contributed by atoms with Crippen LogP contribution in [0.4, 0.5) is 5.69 Å². The molecule has 92 valence electrons. The van der Waals surface area contributed by atoms with Gasteiger partial charge in [-0.3, -0.25) is 0 Å². The van der Waals surface area contributed by atoms with Gasteiger partial charge in [-0.05, 0) is 45.0 Å². The molecule has 0 spiro atoms. The fourth-order valence-corrected chi connectivity index (χ4v) is 2.03. The summed E-state index contributed by atoms with van der Waals surface area (Å²) in [6.07, 6.45) is 2.77. The highest BCUT2D eigenvalue weighted by molar-refractivity contribution is 5.79. The molecule has 2 aromatic rings. The van der Waals surface area contributed by atoms with Gasteiger partial charge < -0.3 is 15.6 Å². The number of nitrogens with two attached hydrogens (primary N) is 1. The highest BCUT2D eigenvalue weighted by Gasteiger charge is 2.16. The third-order valence-electron chi connectivity index (χ3n) is 2.98.